The van der Waals surface area contributed by atoms with Gasteiger partial charge in [0.05, 0.1) is 6.61 Å². The Morgan fingerprint density at radius 2 is 1.66 bits per heavy atom. The molecule has 32 heavy (non-hydrogen) atoms. The van der Waals surface area contributed by atoms with Crippen LogP contribution >= 0.6 is 0 Å². The zero-order chi connectivity index (χ0) is 21.9. The number of halogens is 1. The molecule has 0 aromatic heterocycles. The SMILES string of the molecule is Oc1ccc2c(c1)OCC(c1ccc(F)cc1)C2c1ccc(OCCN2CCCC2)cc1. The van der Waals surface area contributed by atoms with Crippen molar-refractivity contribution in [2.45, 2.75) is 24.7 Å². The number of ether oxygens (including phenoxy) is 2. The molecule has 0 saturated carbocycles. The molecule has 5 rings (SSSR count). The van der Waals surface area contributed by atoms with Gasteiger partial charge in [-0.15, -0.1) is 0 Å². The lowest BCUT2D eigenvalue weighted by molar-refractivity contribution is 0.237. The summed E-state index contributed by atoms with van der Waals surface area (Å²) in [6.07, 6.45) is 2.57. The standard InChI is InChI=1S/C27H28FNO3/c28-21-7-3-19(4-8-21)25-18-32-26-17-22(30)9-12-24(26)27(25)20-5-10-23(11-6-20)31-16-15-29-13-1-2-14-29/h3-12,17,25,27,30H,1-2,13-16,18H2. The molecule has 0 bridgehead atoms. The second-order valence-electron chi connectivity index (χ2n) is 8.64. The molecule has 3 aromatic rings. The van der Waals surface area contributed by atoms with Gasteiger partial charge in [0.2, 0.25) is 0 Å². The number of phenols is 1. The number of hydrogen-bond donors (Lipinski definition) is 1. The molecule has 1 fully saturated rings. The Kier molecular flexibility index (Phi) is 5.99. The van der Waals surface area contributed by atoms with Crippen molar-refractivity contribution in [2.24, 2.45) is 0 Å². The van der Waals surface area contributed by atoms with Crippen LogP contribution in [0.25, 0.3) is 0 Å². The quantitative estimate of drug-likeness (QED) is 0.572. The van der Waals surface area contributed by atoms with E-state index in [2.05, 4.69) is 17.0 Å². The minimum Gasteiger partial charge on any atom is -0.508 e. The maximum atomic E-state index is 13.5. The van der Waals surface area contributed by atoms with E-state index in [1.54, 1.807) is 12.1 Å². The fourth-order valence-electron chi connectivity index (χ4n) is 4.88. The molecule has 2 atom stereocenters. The maximum Gasteiger partial charge on any atom is 0.126 e. The first-order chi connectivity index (χ1) is 15.7. The Hall–Kier alpha value is -3.05. The molecule has 0 aliphatic carbocycles. The Balaban J connectivity index is 1.39. The summed E-state index contributed by atoms with van der Waals surface area (Å²) in [6.45, 7) is 4.46. The van der Waals surface area contributed by atoms with Crippen molar-refractivity contribution in [1.82, 2.24) is 4.90 Å². The summed E-state index contributed by atoms with van der Waals surface area (Å²) in [6, 6.07) is 20.2. The zero-order valence-electron chi connectivity index (χ0n) is 18.0. The summed E-state index contributed by atoms with van der Waals surface area (Å²) in [5, 5.41) is 9.91. The summed E-state index contributed by atoms with van der Waals surface area (Å²) < 4.78 is 25.5. The van der Waals surface area contributed by atoms with Crippen LogP contribution in [0.5, 0.6) is 17.2 Å². The summed E-state index contributed by atoms with van der Waals surface area (Å²) in [5.41, 5.74) is 3.19. The number of fused-ring (bicyclic) bond motifs is 1. The van der Waals surface area contributed by atoms with Crippen molar-refractivity contribution < 1.29 is 19.0 Å². The smallest absolute Gasteiger partial charge is 0.126 e. The van der Waals surface area contributed by atoms with Gasteiger partial charge in [-0.3, -0.25) is 4.90 Å². The van der Waals surface area contributed by atoms with Gasteiger partial charge in [0.25, 0.3) is 0 Å². The van der Waals surface area contributed by atoms with E-state index in [1.807, 2.05) is 30.3 Å². The lowest BCUT2D eigenvalue weighted by Gasteiger charge is -2.34. The Labute approximate surface area is 188 Å². The van der Waals surface area contributed by atoms with Crippen molar-refractivity contribution in [3.8, 4) is 17.2 Å². The van der Waals surface area contributed by atoms with Crippen molar-refractivity contribution in [3.05, 3.63) is 89.2 Å². The molecule has 166 valence electrons. The fraction of sp³-hybridized carbons (Fsp3) is 0.333. The summed E-state index contributed by atoms with van der Waals surface area (Å²) in [7, 11) is 0. The topological polar surface area (TPSA) is 41.9 Å². The van der Waals surface area contributed by atoms with Crippen LogP contribution < -0.4 is 9.47 Å². The molecule has 0 spiro atoms. The molecule has 1 N–H and O–H groups in total. The largest absolute Gasteiger partial charge is 0.508 e. The van der Waals surface area contributed by atoms with Crippen molar-refractivity contribution in [2.75, 3.05) is 32.8 Å². The van der Waals surface area contributed by atoms with Crippen molar-refractivity contribution in [3.63, 3.8) is 0 Å². The van der Waals surface area contributed by atoms with Crippen LogP contribution in [0.3, 0.4) is 0 Å². The minimum atomic E-state index is -0.247. The van der Waals surface area contributed by atoms with Gasteiger partial charge >= 0.3 is 0 Å². The summed E-state index contributed by atoms with van der Waals surface area (Å²) in [4.78, 5) is 2.44. The predicted molar refractivity (Wildman–Crippen MR) is 122 cm³/mol. The molecule has 2 aliphatic rings. The molecular weight excluding hydrogens is 405 g/mol. The van der Waals surface area contributed by atoms with Gasteiger partial charge < -0.3 is 14.6 Å². The van der Waals surface area contributed by atoms with Gasteiger partial charge in [-0.1, -0.05) is 30.3 Å². The molecule has 2 unspecified atom stereocenters. The molecule has 0 amide bonds. The number of benzene rings is 3. The van der Waals surface area contributed by atoms with E-state index in [0.717, 1.165) is 29.0 Å². The van der Waals surface area contributed by atoms with Gasteiger partial charge in [0.15, 0.2) is 0 Å². The zero-order valence-corrected chi connectivity index (χ0v) is 18.0. The third-order valence-electron chi connectivity index (χ3n) is 6.57. The second kappa shape index (κ2) is 9.21. The lowest BCUT2D eigenvalue weighted by Crippen LogP contribution is -2.25. The van der Waals surface area contributed by atoms with Crippen LogP contribution in [0, 0.1) is 5.82 Å². The van der Waals surface area contributed by atoms with Gasteiger partial charge in [0.1, 0.15) is 29.7 Å². The second-order valence-corrected chi connectivity index (χ2v) is 8.64. The molecule has 3 aromatic carbocycles. The first-order valence-electron chi connectivity index (χ1n) is 11.3. The molecule has 1 saturated heterocycles. The first kappa shape index (κ1) is 20.8. The number of aromatic hydroxyl groups is 1. The number of likely N-dealkylation sites (tertiary alicyclic amines) is 1. The van der Waals surface area contributed by atoms with E-state index in [4.69, 9.17) is 9.47 Å². The minimum absolute atomic E-state index is 0.0310. The molecular formula is C27H28FNO3. The third kappa shape index (κ3) is 4.44. The number of hydrogen-bond acceptors (Lipinski definition) is 4. The Morgan fingerprint density at radius 3 is 2.41 bits per heavy atom. The Morgan fingerprint density at radius 1 is 0.938 bits per heavy atom. The number of rotatable bonds is 6. The van der Waals surface area contributed by atoms with E-state index >= 15 is 0 Å². The highest BCUT2D eigenvalue weighted by atomic mass is 19.1. The fourth-order valence-corrected chi connectivity index (χ4v) is 4.88. The van der Waals surface area contributed by atoms with Crippen LogP contribution in [-0.4, -0.2) is 42.9 Å². The predicted octanol–water partition coefficient (Wildman–Crippen LogP) is 5.31. The van der Waals surface area contributed by atoms with Crippen LogP contribution in [0.1, 0.15) is 41.4 Å². The highest BCUT2D eigenvalue weighted by Crippen LogP contribution is 2.47. The average Bonchev–Trinajstić information content (AvgIpc) is 3.33. The average molecular weight is 434 g/mol. The van der Waals surface area contributed by atoms with Gasteiger partial charge in [0, 0.05) is 30.0 Å². The number of nitrogens with zero attached hydrogens (tertiary/aromatic N) is 1. The number of phenolic OH excluding ortho intramolecular Hbond substituents is 1. The molecule has 5 heteroatoms. The first-order valence-corrected chi connectivity index (χ1v) is 11.3. The van der Waals surface area contributed by atoms with Gasteiger partial charge in [-0.2, -0.15) is 0 Å². The van der Waals surface area contributed by atoms with E-state index in [0.29, 0.717) is 19.0 Å². The van der Waals surface area contributed by atoms with E-state index in [1.165, 1.54) is 38.1 Å². The highest BCUT2D eigenvalue weighted by Gasteiger charge is 2.33. The molecule has 2 heterocycles. The lowest BCUT2D eigenvalue weighted by atomic mass is 9.76. The van der Waals surface area contributed by atoms with Gasteiger partial charge in [-0.25, -0.2) is 4.39 Å². The summed E-state index contributed by atoms with van der Waals surface area (Å²) >= 11 is 0. The third-order valence-corrected chi connectivity index (χ3v) is 6.57. The van der Waals surface area contributed by atoms with Crippen molar-refractivity contribution >= 4 is 0 Å². The monoisotopic (exact) mass is 433 g/mol. The highest BCUT2D eigenvalue weighted by molar-refractivity contribution is 5.50. The maximum absolute atomic E-state index is 13.5. The van der Waals surface area contributed by atoms with Crippen LogP contribution in [0.15, 0.2) is 66.7 Å². The molecule has 4 nitrogen and oxygen atoms in total. The van der Waals surface area contributed by atoms with E-state index in [-0.39, 0.29) is 23.4 Å². The summed E-state index contributed by atoms with van der Waals surface area (Å²) in [5.74, 6) is 1.56. The van der Waals surface area contributed by atoms with E-state index < -0.39 is 0 Å². The Bertz CT molecular complexity index is 1050. The normalized spacial score (nSPS) is 20.5. The van der Waals surface area contributed by atoms with Crippen LogP contribution in [-0.2, 0) is 0 Å². The van der Waals surface area contributed by atoms with E-state index in [9.17, 15) is 9.50 Å². The van der Waals surface area contributed by atoms with Gasteiger partial charge in [-0.05, 0) is 67.4 Å². The molecule has 0 radical (unpaired) electrons. The van der Waals surface area contributed by atoms with Crippen LogP contribution in [0.4, 0.5) is 4.39 Å². The van der Waals surface area contributed by atoms with Crippen LogP contribution in [0.2, 0.25) is 0 Å². The van der Waals surface area contributed by atoms with Crippen molar-refractivity contribution in [1.29, 1.82) is 0 Å². The molecule has 2 aliphatic heterocycles.